The minimum absolute atomic E-state index is 0.642. The molecule has 1 atom stereocenters. The van der Waals surface area contributed by atoms with Gasteiger partial charge >= 0.3 is 0 Å². The lowest BCUT2D eigenvalue weighted by Gasteiger charge is -2.34. The number of rotatable bonds is 3. The van der Waals surface area contributed by atoms with E-state index in [1.807, 2.05) is 0 Å². The molecular formula is C13H28N4. The number of piperidine rings is 1. The molecule has 4 nitrogen and oxygen atoms in total. The standard InChI is InChI=1S/C13H28N4/c1-6-17-10-8-7-9-12(17)11-14-13(15(2)3)16(4)5/h12H,6-11H2,1-5H3. The minimum Gasteiger partial charge on any atom is -0.349 e. The summed E-state index contributed by atoms with van der Waals surface area (Å²) >= 11 is 0. The molecular weight excluding hydrogens is 212 g/mol. The molecule has 1 aliphatic rings. The molecule has 4 heteroatoms. The van der Waals surface area contributed by atoms with Crippen molar-refractivity contribution in [2.24, 2.45) is 4.99 Å². The average Bonchev–Trinajstić information content (AvgIpc) is 2.29. The molecule has 1 fully saturated rings. The van der Waals surface area contributed by atoms with Crippen molar-refractivity contribution in [3.63, 3.8) is 0 Å². The fourth-order valence-corrected chi connectivity index (χ4v) is 2.55. The van der Waals surface area contributed by atoms with E-state index in [9.17, 15) is 0 Å². The van der Waals surface area contributed by atoms with Crippen LogP contribution >= 0.6 is 0 Å². The summed E-state index contributed by atoms with van der Waals surface area (Å²) in [6, 6.07) is 0.642. The molecule has 0 aromatic carbocycles. The molecule has 1 aliphatic heterocycles. The Labute approximate surface area is 106 Å². The molecule has 0 aromatic heterocycles. The Bertz CT molecular complexity index is 238. The first-order valence-corrected chi connectivity index (χ1v) is 6.69. The van der Waals surface area contributed by atoms with Crippen LogP contribution in [0.2, 0.25) is 0 Å². The van der Waals surface area contributed by atoms with E-state index < -0.39 is 0 Å². The monoisotopic (exact) mass is 240 g/mol. The van der Waals surface area contributed by atoms with Gasteiger partial charge in [0.1, 0.15) is 0 Å². The molecule has 0 spiro atoms. The third-order valence-electron chi connectivity index (χ3n) is 3.40. The van der Waals surface area contributed by atoms with Crippen molar-refractivity contribution < 1.29 is 0 Å². The van der Waals surface area contributed by atoms with Crippen molar-refractivity contribution in [2.75, 3.05) is 47.8 Å². The maximum atomic E-state index is 4.77. The molecule has 0 bridgehead atoms. The molecule has 0 amide bonds. The Morgan fingerprint density at radius 1 is 1.18 bits per heavy atom. The van der Waals surface area contributed by atoms with Crippen LogP contribution < -0.4 is 0 Å². The van der Waals surface area contributed by atoms with E-state index in [1.54, 1.807) is 0 Å². The van der Waals surface area contributed by atoms with E-state index in [4.69, 9.17) is 4.99 Å². The predicted octanol–water partition coefficient (Wildman–Crippen LogP) is 1.34. The van der Waals surface area contributed by atoms with Crippen molar-refractivity contribution in [1.29, 1.82) is 0 Å². The Balaban J connectivity index is 2.59. The second kappa shape index (κ2) is 6.84. The van der Waals surface area contributed by atoms with Crippen LogP contribution in [-0.2, 0) is 0 Å². The van der Waals surface area contributed by atoms with Gasteiger partial charge in [0.05, 0.1) is 6.54 Å². The molecule has 0 aromatic rings. The molecule has 1 heterocycles. The number of hydrogen-bond acceptors (Lipinski definition) is 2. The fraction of sp³-hybridized carbons (Fsp3) is 0.923. The normalized spacial score (nSPS) is 21.1. The first-order chi connectivity index (χ1) is 8.06. The van der Waals surface area contributed by atoms with Crippen LogP contribution in [0, 0.1) is 0 Å². The van der Waals surface area contributed by atoms with Crippen LogP contribution in [0.4, 0.5) is 0 Å². The Kier molecular flexibility index (Phi) is 5.75. The van der Waals surface area contributed by atoms with Gasteiger partial charge in [-0.15, -0.1) is 0 Å². The highest BCUT2D eigenvalue weighted by molar-refractivity contribution is 5.79. The van der Waals surface area contributed by atoms with Crippen LogP contribution in [0.3, 0.4) is 0 Å². The molecule has 0 aliphatic carbocycles. The molecule has 0 radical (unpaired) electrons. The van der Waals surface area contributed by atoms with Gasteiger partial charge in [-0.05, 0) is 25.9 Å². The molecule has 100 valence electrons. The van der Waals surface area contributed by atoms with Gasteiger partial charge in [-0.2, -0.15) is 0 Å². The summed E-state index contributed by atoms with van der Waals surface area (Å²) < 4.78 is 0. The maximum Gasteiger partial charge on any atom is 0.195 e. The van der Waals surface area contributed by atoms with Gasteiger partial charge in [0.25, 0.3) is 0 Å². The number of aliphatic imine (C=N–C) groups is 1. The van der Waals surface area contributed by atoms with E-state index >= 15 is 0 Å². The Morgan fingerprint density at radius 3 is 2.35 bits per heavy atom. The summed E-state index contributed by atoms with van der Waals surface area (Å²) in [5, 5.41) is 0. The molecule has 1 unspecified atom stereocenters. The van der Waals surface area contributed by atoms with E-state index in [1.165, 1.54) is 25.8 Å². The highest BCUT2D eigenvalue weighted by Crippen LogP contribution is 2.16. The first kappa shape index (κ1) is 14.3. The van der Waals surface area contributed by atoms with Crippen molar-refractivity contribution in [3.8, 4) is 0 Å². The number of nitrogens with zero attached hydrogens (tertiary/aromatic N) is 4. The molecule has 1 rings (SSSR count). The number of likely N-dealkylation sites (tertiary alicyclic amines) is 1. The zero-order valence-corrected chi connectivity index (χ0v) is 12.1. The number of guanidine groups is 1. The topological polar surface area (TPSA) is 22.1 Å². The molecule has 0 N–H and O–H groups in total. The van der Waals surface area contributed by atoms with E-state index in [0.29, 0.717) is 6.04 Å². The third kappa shape index (κ3) is 4.19. The van der Waals surface area contributed by atoms with Gasteiger partial charge in [-0.25, -0.2) is 0 Å². The van der Waals surface area contributed by atoms with Gasteiger partial charge < -0.3 is 9.80 Å². The number of likely N-dealkylation sites (N-methyl/N-ethyl adjacent to an activating group) is 1. The summed E-state index contributed by atoms with van der Waals surface area (Å²) in [4.78, 5) is 11.5. The third-order valence-corrected chi connectivity index (χ3v) is 3.40. The van der Waals surface area contributed by atoms with Crippen molar-refractivity contribution in [3.05, 3.63) is 0 Å². The van der Waals surface area contributed by atoms with Crippen molar-refractivity contribution in [1.82, 2.24) is 14.7 Å². The summed E-state index contributed by atoms with van der Waals surface area (Å²) in [7, 11) is 8.21. The van der Waals surface area contributed by atoms with E-state index in [0.717, 1.165) is 19.0 Å². The lowest BCUT2D eigenvalue weighted by molar-refractivity contribution is 0.161. The Morgan fingerprint density at radius 2 is 1.82 bits per heavy atom. The van der Waals surface area contributed by atoms with Gasteiger partial charge in [0, 0.05) is 34.2 Å². The van der Waals surface area contributed by atoms with Gasteiger partial charge in [-0.1, -0.05) is 13.3 Å². The van der Waals surface area contributed by atoms with Crippen LogP contribution in [0.15, 0.2) is 4.99 Å². The van der Waals surface area contributed by atoms with Gasteiger partial charge in [0.15, 0.2) is 5.96 Å². The molecule has 0 saturated carbocycles. The lowest BCUT2D eigenvalue weighted by atomic mass is 10.0. The SMILES string of the molecule is CCN1CCCCC1CN=C(N(C)C)N(C)C. The predicted molar refractivity (Wildman–Crippen MR) is 74.6 cm³/mol. The van der Waals surface area contributed by atoms with Crippen LogP contribution in [0.1, 0.15) is 26.2 Å². The van der Waals surface area contributed by atoms with Gasteiger partial charge in [-0.3, -0.25) is 9.89 Å². The average molecular weight is 240 g/mol. The highest BCUT2D eigenvalue weighted by Gasteiger charge is 2.20. The lowest BCUT2D eigenvalue weighted by Crippen LogP contribution is -2.42. The minimum atomic E-state index is 0.642. The van der Waals surface area contributed by atoms with Crippen molar-refractivity contribution >= 4 is 5.96 Å². The smallest absolute Gasteiger partial charge is 0.195 e. The summed E-state index contributed by atoms with van der Waals surface area (Å²) in [5.41, 5.74) is 0. The van der Waals surface area contributed by atoms with Crippen LogP contribution in [0.5, 0.6) is 0 Å². The maximum absolute atomic E-state index is 4.77. The summed E-state index contributed by atoms with van der Waals surface area (Å²) in [6.45, 7) is 5.58. The van der Waals surface area contributed by atoms with Gasteiger partial charge in [0.2, 0.25) is 0 Å². The number of hydrogen-bond donors (Lipinski definition) is 0. The summed E-state index contributed by atoms with van der Waals surface area (Å²) in [6.07, 6.45) is 4.00. The first-order valence-electron chi connectivity index (χ1n) is 6.69. The Hall–Kier alpha value is -0.770. The van der Waals surface area contributed by atoms with Crippen LogP contribution in [-0.4, -0.2) is 74.5 Å². The second-order valence-corrected chi connectivity index (χ2v) is 5.21. The zero-order valence-electron chi connectivity index (χ0n) is 12.1. The molecule has 1 saturated heterocycles. The van der Waals surface area contributed by atoms with E-state index in [-0.39, 0.29) is 0 Å². The highest BCUT2D eigenvalue weighted by atomic mass is 15.3. The van der Waals surface area contributed by atoms with Crippen LogP contribution in [0.25, 0.3) is 0 Å². The second-order valence-electron chi connectivity index (χ2n) is 5.21. The largest absolute Gasteiger partial charge is 0.349 e. The van der Waals surface area contributed by atoms with Crippen molar-refractivity contribution in [2.45, 2.75) is 32.2 Å². The molecule has 17 heavy (non-hydrogen) atoms. The zero-order chi connectivity index (χ0) is 12.8. The fourth-order valence-electron chi connectivity index (χ4n) is 2.55. The summed E-state index contributed by atoms with van der Waals surface area (Å²) in [5.74, 6) is 1.06. The quantitative estimate of drug-likeness (QED) is 0.549. The van der Waals surface area contributed by atoms with E-state index in [2.05, 4.69) is 49.8 Å².